The Hall–Kier alpha value is -2.49. The third-order valence-electron chi connectivity index (χ3n) is 3.19. The van der Waals surface area contributed by atoms with E-state index < -0.39 is 5.91 Å². The van der Waals surface area contributed by atoms with E-state index in [1.54, 1.807) is 18.2 Å². The lowest BCUT2D eigenvalue weighted by Gasteiger charge is -2.14. The average molecular weight is 299 g/mol. The Morgan fingerprint density at radius 1 is 1.14 bits per heavy atom. The number of ether oxygens (including phenoxy) is 2. The summed E-state index contributed by atoms with van der Waals surface area (Å²) >= 11 is 0. The summed E-state index contributed by atoms with van der Waals surface area (Å²) in [6.07, 6.45) is 0.00680. The molecule has 0 bridgehead atoms. The minimum atomic E-state index is -0.505. The summed E-state index contributed by atoms with van der Waals surface area (Å²) in [6.45, 7) is 6.30. The molecule has 0 aliphatic carbocycles. The van der Waals surface area contributed by atoms with Gasteiger partial charge in [0.15, 0.2) is 0 Å². The van der Waals surface area contributed by atoms with Crippen LogP contribution in [0.2, 0.25) is 0 Å². The molecule has 0 saturated carbocycles. The van der Waals surface area contributed by atoms with Crippen molar-refractivity contribution in [1.29, 1.82) is 0 Å². The van der Waals surface area contributed by atoms with Gasteiger partial charge in [-0.25, -0.2) is 0 Å². The lowest BCUT2D eigenvalue weighted by atomic mass is 10.1. The van der Waals surface area contributed by atoms with Gasteiger partial charge in [0.25, 0.3) is 0 Å². The highest BCUT2D eigenvalue weighted by Gasteiger charge is 2.09. The van der Waals surface area contributed by atoms with Gasteiger partial charge in [0.2, 0.25) is 5.91 Å². The Balaban J connectivity index is 2.20. The largest absolute Gasteiger partial charge is 0.491 e. The third kappa shape index (κ3) is 4.25. The molecular weight excluding hydrogens is 278 g/mol. The van der Waals surface area contributed by atoms with Crippen LogP contribution >= 0.6 is 0 Å². The first-order chi connectivity index (χ1) is 10.5. The average Bonchev–Trinajstić information content (AvgIpc) is 2.45. The molecule has 0 saturated heterocycles. The number of carbonyl (C=O) groups excluding carboxylic acids is 1. The maximum Gasteiger partial charge on any atom is 0.248 e. The molecule has 0 spiro atoms. The SMILES string of the molecule is Cc1ccccc1COc1cc(OC(C)C)cc(C(N)=O)c1. The lowest BCUT2D eigenvalue weighted by molar-refractivity contribution is 0.0999. The van der Waals surface area contributed by atoms with Crippen LogP contribution in [0.25, 0.3) is 0 Å². The Morgan fingerprint density at radius 2 is 1.82 bits per heavy atom. The molecule has 0 heterocycles. The second-order valence-electron chi connectivity index (χ2n) is 5.44. The minimum absolute atomic E-state index is 0.00680. The van der Waals surface area contributed by atoms with Crippen molar-refractivity contribution in [2.45, 2.75) is 33.5 Å². The van der Waals surface area contributed by atoms with Crippen molar-refractivity contribution in [3.8, 4) is 11.5 Å². The van der Waals surface area contributed by atoms with Crippen molar-refractivity contribution in [2.75, 3.05) is 0 Å². The van der Waals surface area contributed by atoms with E-state index in [9.17, 15) is 4.79 Å². The lowest BCUT2D eigenvalue weighted by Crippen LogP contribution is -2.12. The summed E-state index contributed by atoms with van der Waals surface area (Å²) in [5.41, 5.74) is 7.99. The number of hydrogen-bond donors (Lipinski definition) is 1. The zero-order valence-electron chi connectivity index (χ0n) is 13.1. The zero-order valence-corrected chi connectivity index (χ0v) is 13.1. The van der Waals surface area contributed by atoms with E-state index >= 15 is 0 Å². The number of primary amides is 1. The number of nitrogens with two attached hydrogens (primary N) is 1. The van der Waals surface area contributed by atoms with E-state index in [0.29, 0.717) is 23.7 Å². The Labute approximate surface area is 130 Å². The fraction of sp³-hybridized carbons (Fsp3) is 0.278. The van der Waals surface area contributed by atoms with Crippen LogP contribution in [0, 0.1) is 6.92 Å². The van der Waals surface area contributed by atoms with E-state index in [-0.39, 0.29) is 6.10 Å². The van der Waals surface area contributed by atoms with Gasteiger partial charge in [0.05, 0.1) is 6.10 Å². The summed E-state index contributed by atoms with van der Waals surface area (Å²) in [7, 11) is 0. The van der Waals surface area contributed by atoms with Crippen molar-refractivity contribution in [3.63, 3.8) is 0 Å². The summed E-state index contributed by atoms with van der Waals surface area (Å²) < 4.78 is 11.4. The van der Waals surface area contributed by atoms with Crippen molar-refractivity contribution in [2.24, 2.45) is 5.73 Å². The van der Waals surface area contributed by atoms with Gasteiger partial charge >= 0.3 is 0 Å². The van der Waals surface area contributed by atoms with E-state index in [0.717, 1.165) is 11.1 Å². The van der Waals surface area contributed by atoms with Crippen LogP contribution in [0.3, 0.4) is 0 Å². The van der Waals surface area contributed by atoms with Gasteiger partial charge in [-0.2, -0.15) is 0 Å². The van der Waals surface area contributed by atoms with Gasteiger partial charge in [0, 0.05) is 11.6 Å². The molecule has 4 nitrogen and oxygen atoms in total. The maximum atomic E-state index is 11.4. The first-order valence-electron chi connectivity index (χ1n) is 7.24. The number of rotatable bonds is 6. The molecule has 0 fully saturated rings. The van der Waals surface area contributed by atoms with Gasteiger partial charge in [0.1, 0.15) is 18.1 Å². The molecule has 0 aliphatic rings. The van der Waals surface area contributed by atoms with Gasteiger partial charge in [-0.05, 0) is 44.0 Å². The molecule has 0 radical (unpaired) electrons. The molecule has 22 heavy (non-hydrogen) atoms. The van der Waals surface area contributed by atoms with Gasteiger partial charge < -0.3 is 15.2 Å². The zero-order chi connectivity index (χ0) is 16.1. The summed E-state index contributed by atoms with van der Waals surface area (Å²) in [4.78, 5) is 11.4. The number of carbonyl (C=O) groups is 1. The van der Waals surface area contributed by atoms with Crippen molar-refractivity contribution in [3.05, 3.63) is 59.2 Å². The first kappa shape index (κ1) is 15.9. The van der Waals surface area contributed by atoms with Crippen LogP contribution < -0.4 is 15.2 Å². The van der Waals surface area contributed by atoms with Crippen LogP contribution in [0.5, 0.6) is 11.5 Å². The van der Waals surface area contributed by atoms with Gasteiger partial charge in [-0.1, -0.05) is 24.3 Å². The monoisotopic (exact) mass is 299 g/mol. The number of aryl methyl sites for hydroxylation is 1. The van der Waals surface area contributed by atoms with Gasteiger partial charge in [-0.15, -0.1) is 0 Å². The highest BCUT2D eigenvalue weighted by atomic mass is 16.5. The maximum absolute atomic E-state index is 11.4. The van der Waals surface area contributed by atoms with Crippen LogP contribution in [-0.4, -0.2) is 12.0 Å². The highest BCUT2D eigenvalue weighted by molar-refractivity contribution is 5.93. The molecule has 2 aromatic carbocycles. The number of benzene rings is 2. The number of hydrogen-bond acceptors (Lipinski definition) is 3. The summed E-state index contributed by atoms with van der Waals surface area (Å²) in [6, 6.07) is 13.0. The second kappa shape index (κ2) is 6.98. The topological polar surface area (TPSA) is 61.6 Å². The normalized spacial score (nSPS) is 10.5. The molecule has 4 heteroatoms. The van der Waals surface area contributed by atoms with E-state index in [1.807, 2.05) is 45.0 Å². The van der Waals surface area contributed by atoms with Crippen LogP contribution in [-0.2, 0) is 6.61 Å². The Morgan fingerprint density at radius 3 is 2.45 bits per heavy atom. The molecule has 0 aromatic heterocycles. The van der Waals surface area contributed by atoms with Crippen LogP contribution in [0.1, 0.15) is 35.3 Å². The molecular formula is C18H21NO3. The fourth-order valence-corrected chi connectivity index (χ4v) is 2.07. The standard InChI is InChI=1S/C18H21NO3/c1-12(2)22-17-9-15(18(19)20)8-16(10-17)21-11-14-7-5-4-6-13(14)3/h4-10,12H,11H2,1-3H3,(H2,19,20). The van der Waals surface area contributed by atoms with Crippen LogP contribution in [0.4, 0.5) is 0 Å². The molecule has 2 N–H and O–H groups in total. The smallest absolute Gasteiger partial charge is 0.248 e. The van der Waals surface area contributed by atoms with E-state index in [4.69, 9.17) is 15.2 Å². The molecule has 0 aliphatic heterocycles. The quantitative estimate of drug-likeness (QED) is 0.888. The van der Waals surface area contributed by atoms with Crippen molar-refractivity contribution >= 4 is 5.91 Å². The Bertz CT molecular complexity index is 665. The minimum Gasteiger partial charge on any atom is -0.491 e. The van der Waals surface area contributed by atoms with E-state index in [2.05, 4.69) is 0 Å². The van der Waals surface area contributed by atoms with Crippen LogP contribution in [0.15, 0.2) is 42.5 Å². The molecule has 1 amide bonds. The second-order valence-corrected chi connectivity index (χ2v) is 5.44. The Kier molecular flexibility index (Phi) is 5.04. The molecule has 0 unspecified atom stereocenters. The number of amides is 1. The fourth-order valence-electron chi connectivity index (χ4n) is 2.07. The summed E-state index contributed by atoms with van der Waals surface area (Å²) in [5, 5.41) is 0. The molecule has 2 aromatic rings. The van der Waals surface area contributed by atoms with E-state index in [1.165, 1.54) is 0 Å². The highest BCUT2D eigenvalue weighted by Crippen LogP contribution is 2.25. The van der Waals surface area contributed by atoms with Crippen molar-refractivity contribution < 1.29 is 14.3 Å². The van der Waals surface area contributed by atoms with Gasteiger partial charge in [-0.3, -0.25) is 4.79 Å². The predicted molar refractivity (Wildman–Crippen MR) is 86.2 cm³/mol. The first-order valence-corrected chi connectivity index (χ1v) is 7.24. The molecule has 116 valence electrons. The molecule has 2 rings (SSSR count). The molecule has 0 atom stereocenters. The van der Waals surface area contributed by atoms with Crippen molar-refractivity contribution in [1.82, 2.24) is 0 Å². The predicted octanol–water partition coefficient (Wildman–Crippen LogP) is 3.46. The third-order valence-corrected chi connectivity index (χ3v) is 3.19. The summed E-state index contributed by atoms with van der Waals surface area (Å²) in [5.74, 6) is 0.635.